The number of anilines is 1. The molecule has 4 nitrogen and oxygen atoms in total. The van der Waals surface area contributed by atoms with E-state index in [1.807, 2.05) is 12.3 Å². The lowest BCUT2D eigenvalue weighted by atomic mass is 9.86. The highest BCUT2D eigenvalue weighted by Gasteiger charge is 2.22. The Hall–Kier alpha value is -1.75. The zero-order valence-electron chi connectivity index (χ0n) is 12.0. The molecule has 3 aromatic heterocycles. The van der Waals surface area contributed by atoms with Gasteiger partial charge in [0.2, 0.25) is 0 Å². The van der Waals surface area contributed by atoms with E-state index in [0.29, 0.717) is 12.0 Å². The number of hydrogen-bond acceptors (Lipinski definition) is 5. The highest BCUT2D eigenvalue weighted by atomic mass is 32.1. The van der Waals surface area contributed by atoms with Crippen molar-refractivity contribution in [1.29, 1.82) is 0 Å². The molecule has 1 N–H and O–H groups in total. The van der Waals surface area contributed by atoms with Crippen LogP contribution in [-0.2, 0) is 0 Å². The fourth-order valence-electron chi connectivity index (χ4n) is 3.22. The third kappa shape index (κ3) is 2.25. The van der Waals surface area contributed by atoms with Crippen LogP contribution >= 0.6 is 11.3 Å². The predicted octanol–water partition coefficient (Wildman–Crippen LogP) is 4.23. The topological polar surface area (TPSA) is 50.7 Å². The number of nitrogens with one attached hydrogen (secondary N) is 1. The Labute approximate surface area is 127 Å². The van der Waals surface area contributed by atoms with Crippen molar-refractivity contribution in [3.63, 3.8) is 0 Å². The molecule has 0 radical (unpaired) electrons. The molecule has 0 aromatic carbocycles. The van der Waals surface area contributed by atoms with E-state index < -0.39 is 0 Å². The van der Waals surface area contributed by atoms with Crippen molar-refractivity contribution in [1.82, 2.24) is 15.0 Å². The first-order chi connectivity index (χ1) is 10.3. The van der Waals surface area contributed by atoms with Crippen molar-refractivity contribution in [2.45, 2.75) is 38.6 Å². The molecule has 4 rings (SSSR count). The van der Waals surface area contributed by atoms with E-state index in [-0.39, 0.29) is 0 Å². The molecule has 21 heavy (non-hydrogen) atoms. The third-order valence-corrected chi connectivity index (χ3v) is 5.57. The van der Waals surface area contributed by atoms with E-state index in [1.54, 1.807) is 17.7 Å². The molecule has 108 valence electrons. The molecule has 1 fully saturated rings. The molecule has 0 amide bonds. The first-order valence-corrected chi connectivity index (χ1v) is 8.39. The molecule has 1 aliphatic rings. The molecule has 0 saturated heterocycles. The van der Waals surface area contributed by atoms with E-state index in [1.165, 1.54) is 25.7 Å². The summed E-state index contributed by atoms with van der Waals surface area (Å²) in [6, 6.07) is 4.57. The lowest BCUT2D eigenvalue weighted by Crippen LogP contribution is -2.30. The number of aromatic nitrogens is 3. The summed E-state index contributed by atoms with van der Waals surface area (Å²) in [5.74, 6) is 1.68. The summed E-state index contributed by atoms with van der Waals surface area (Å²) in [7, 11) is 0. The molecule has 2 atom stereocenters. The van der Waals surface area contributed by atoms with E-state index in [0.717, 1.165) is 26.3 Å². The van der Waals surface area contributed by atoms with Crippen LogP contribution in [0.3, 0.4) is 0 Å². The second-order valence-corrected chi connectivity index (χ2v) is 6.87. The Balaban J connectivity index is 1.78. The van der Waals surface area contributed by atoms with Gasteiger partial charge >= 0.3 is 0 Å². The number of nitrogens with zero attached hydrogens (tertiary/aromatic N) is 3. The Morgan fingerprint density at radius 1 is 1.19 bits per heavy atom. The van der Waals surface area contributed by atoms with Crippen molar-refractivity contribution in [2.24, 2.45) is 5.92 Å². The summed E-state index contributed by atoms with van der Waals surface area (Å²) in [6.45, 7) is 2.34. The molecule has 5 heteroatoms. The highest BCUT2D eigenvalue weighted by molar-refractivity contribution is 7.25. The van der Waals surface area contributed by atoms with Crippen LogP contribution in [-0.4, -0.2) is 21.0 Å². The number of thiophene rings is 1. The normalized spacial score (nSPS) is 22.7. The zero-order chi connectivity index (χ0) is 14.2. The minimum absolute atomic E-state index is 0.523. The summed E-state index contributed by atoms with van der Waals surface area (Å²) in [4.78, 5) is 14.4. The quantitative estimate of drug-likeness (QED) is 0.769. The fourth-order valence-corrected chi connectivity index (χ4v) is 4.27. The SMILES string of the molecule is CC1CCCCC1Nc1ncnc2c1sc1ncccc12. The highest BCUT2D eigenvalue weighted by Crippen LogP contribution is 2.36. The van der Waals surface area contributed by atoms with Gasteiger partial charge in [-0.3, -0.25) is 0 Å². The first-order valence-electron chi connectivity index (χ1n) is 7.57. The summed E-state index contributed by atoms with van der Waals surface area (Å²) in [5.41, 5.74) is 1.02. The van der Waals surface area contributed by atoms with Gasteiger partial charge in [0.25, 0.3) is 0 Å². The summed E-state index contributed by atoms with van der Waals surface area (Å²) >= 11 is 1.68. The van der Waals surface area contributed by atoms with Gasteiger partial charge in [-0.05, 0) is 30.9 Å². The molecular weight excluding hydrogens is 280 g/mol. The van der Waals surface area contributed by atoms with Gasteiger partial charge in [0, 0.05) is 17.6 Å². The van der Waals surface area contributed by atoms with Gasteiger partial charge in [0.15, 0.2) is 0 Å². The summed E-state index contributed by atoms with van der Waals surface area (Å²) in [6.07, 6.45) is 8.70. The van der Waals surface area contributed by atoms with Crippen LogP contribution in [0.15, 0.2) is 24.7 Å². The molecule has 0 spiro atoms. The Morgan fingerprint density at radius 3 is 3.00 bits per heavy atom. The monoisotopic (exact) mass is 298 g/mol. The molecular formula is C16H18N4S. The second-order valence-electron chi connectivity index (χ2n) is 5.87. The van der Waals surface area contributed by atoms with Crippen LogP contribution in [0.5, 0.6) is 0 Å². The summed E-state index contributed by atoms with van der Waals surface area (Å²) in [5, 5.41) is 4.79. The van der Waals surface area contributed by atoms with Gasteiger partial charge in [0.05, 0.1) is 10.2 Å². The molecule has 3 heterocycles. The fraction of sp³-hybridized carbons (Fsp3) is 0.438. The van der Waals surface area contributed by atoms with E-state index in [4.69, 9.17) is 0 Å². The maximum absolute atomic E-state index is 4.49. The Kier molecular flexibility index (Phi) is 3.22. The average Bonchev–Trinajstić information content (AvgIpc) is 2.89. The molecule has 0 bridgehead atoms. The number of pyridine rings is 1. The molecule has 2 unspecified atom stereocenters. The van der Waals surface area contributed by atoms with Gasteiger partial charge in [-0.1, -0.05) is 19.8 Å². The van der Waals surface area contributed by atoms with Crippen molar-refractivity contribution < 1.29 is 0 Å². The van der Waals surface area contributed by atoms with Crippen LogP contribution in [0.1, 0.15) is 32.6 Å². The van der Waals surface area contributed by atoms with E-state index >= 15 is 0 Å². The van der Waals surface area contributed by atoms with Crippen LogP contribution in [0.25, 0.3) is 20.4 Å². The third-order valence-electron chi connectivity index (χ3n) is 4.46. The van der Waals surface area contributed by atoms with Crippen LogP contribution in [0.4, 0.5) is 5.82 Å². The largest absolute Gasteiger partial charge is 0.366 e. The van der Waals surface area contributed by atoms with Crippen LogP contribution in [0, 0.1) is 5.92 Å². The molecule has 1 aliphatic carbocycles. The molecule has 0 aliphatic heterocycles. The van der Waals surface area contributed by atoms with Crippen LogP contribution in [0.2, 0.25) is 0 Å². The van der Waals surface area contributed by atoms with Gasteiger partial charge in [-0.25, -0.2) is 15.0 Å². The maximum atomic E-state index is 4.49. The van der Waals surface area contributed by atoms with E-state index in [9.17, 15) is 0 Å². The van der Waals surface area contributed by atoms with Gasteiger partial charge < -0.3 is 5.32 Å². The minimum atomic E-state index is 0.523. The molecule has 1 saturated carbocycles. The van der Waals surface area contributed by atoms with Crippen molar-refractivity contribution >= 4 is 37.6 Å². The standard InChI is InChI=1S/C16H18N4S/c1-10-5-2-3-7-12(10)20-15-14-13(18-9-19-15)11-6-4-8-17-16(11)21-14/h4,6,8-10,12H,2-3,5,7H2,1H3,(H,18,19,20). The zero-order valence-corrected chi connectivity index (χ0v) is 12.9. The maximum Gasteiger partial charge on any atom is 0.147 e. The lowest BCUT2D eigenvalue weighted by Gasteiger charge is -2.29. The lowest BCUT2D eigenvalue weighted by molar-refractivity contribution is 0.349. The van der Waals surface area contributed by atoms with Gasteiger partial charge in [-0.15, -0.1) is 11.3 Å². The molecule has 3 aromatic rings. The second kappa shape index (κ2) is 5.22. The van der Waals surface area contributed by atoms with E-state index in [2.05, 4.69) is 33.3 Å². The Morgan fingerprint density at radius 2 is 2.10 bits per heavy atom. The van der Waals surface area contributed by atoms with Crippen molar-refractivity contribution in [3.8, 4) is 0 Å². The minimum Gasteiger partial charge on any atom is -0.366 e. The number of fused-ring (bicyclic) bond motifs is 3. The van der Waals surface area contributed by atoms with Gasteiger partial charge in [0.1, 0.15) is 17.0 Å². The smallest absolute Gasteiger partial charge is 0.147 e. The summed E-state index contributed by atoms with van der Waals surface area (Å²) < 4.78 is 1.13. The number of hydrogen-bond donors (Lipinski definition) is 1. The first kappa shape index (κ1) is 13.0. The average molecular weight is 298 g/mol. The van der Waals surface area contributed by atoms with Crippen molar-refractivity contribution in [3.05, 3.63) is 24.7 Å². The predicted molar refractivity (Wildman–Crippen MR) is 87.8 cm³/mol. The van der Waals surface area contributed by atoms with Crippen LogP contribution < -0.4 is 5.32 Å². The Bertz CT molecular complexity index is 782. The van der Waals surface area contributed by atoms with Crippen molar-refractivity contribution in [2.75, 3.05) is 5.32 Å². The number of rotatable bonds is 2. The van der Waals surface area contributed by atoms with Gasteiger partial charge in [-0.2, -0.15) is 0 Å².